The second-order valence-electron chi connectivity index (χ2n) is 7.37. The molecule has 7 heteroatoms. The largest absolute Gasteiger partial charge is 0.481 e. The number of benzene rings is 2. The van der Waals surface area contributed by atoms with Gasteiger partial charge in [-0.05, 0) is 44.5 Å². The number of sulfonamides is 1. The summed E-state index contributed by atoms with van der Waals surface area (Å²) < 4.78 is 33.0. The summed E-state index contributed by atoms with van der Waals surface area (Å²) in [6.45, 7) is 7.11. The number of carbonyl (C=O) groups is 1. The highest BCUT2D eigenvalue weighted by atomic mass is 32.2. The maximum Gasteiger partial charge on any atom is 0.263 e. The molecule has 1 heterocycles. The van der Waals surface area contributed by atoms with E-state index in [0.29, 0.717) is 25.3 Å². The Labute approximate surface area is 173 Å². The van der Waals surface area contributed by atoms with Gasteiger partial charge in [0.05, 0.1) is 4.90 Å². The van der Waals surface area contributed by atoms with Crippen LogP contribution in [0.2, 0.25) is 0 Å². The van der Waals surface area contributed by atoms with E-state index >= 15 is 0 Å². The van der Waals surface area contributed by atoms with E-state index in [-0.39, 0.29) is 23.9 Å². The summed E-state index contributed by atoms with van der Waals surface area (Å²) >= 11 is 0. The molecule has 0 saturated carbocycles. The number of aryl methyl sites for hydroxylation is 2. The first kappa shape index (κ1) is 21.3. The van der Waals surface area contributed by atoms with Crippen LogP contribution in [0.4, 0.5) is 0 Å². The molecule has 1 aliphatic rings. The van der Waals surface area contributed by atoms with Crippen LogP contribution in [0.1, 0.15) is 24.5 Å². The van der Waals surface area contributed by atoms with Crippen LogP contribution in [0.5, 0.6) is 5.75 Å². The Hall–Kier alpha value is -2.38. The van der Waals surface area contributed by atoms with Gasteiger partial charge in [-0.25, -0.2) is 8.42 Å². The van der Waals surface area contributed by atoms with Crippen LogP contribution in [0.3, 0.4) is 0 Å². The molecule has 2 aromatic carbocycles. The predicted octanol–water partition coefficient (Wildman–Crippen LogP) is 2.99. The molecule has 1 atom stereocenters. The van der Waals surface area contributed by atoms with Crippen molar-refractivity contribution >= 4 is 15.9 Å². The van der Waals surface area contributed by atoms with Crippen molar-refractivity contribution in [2.24, 2.45) is 0 Å². The van der Waals surface area contributed by atoms with Gasteiger partial charge in [-0.2, -0.15) is 4.31 Å². The topological polar surface area (TPSA) is 66.9 Å². The molecular formula is C22H28N2O4S. The van der Waals surface area contributed by atoms with E-state index in [1.54, 1.807) is 29.2 Å². The molecule has 0 N–H and O–H groups in total. The number of amides is 1. The smallest absolute Gasteiger partial charge is 0.263 e. The Bertz CT molecular complexity index is 932. The molecule has 1 aliphatic heterocycles. The van der Waals surface area contributed by atoms with Gasteiger partial charge in [0.2, 0.25) is 10.0 Å². The lowest BCUT2D eigenvalue weighted by atomic mass is 10.2. The van der Waals surface area contributed by atoms with Crippen molar-refractivity contribution < 1.29 is 17.9 Å². The van der Waals surface area contributed by atoms with Crippen molar-refractivity contribution in [2.75, 3.05) is 26.2 Å². The number of nitrogens with zero attached hydrogens (tertiary/aromatic N) is 2. The van der Waals surface area contributed by atoms with E-state index < -0.39 is 16.1 Å². The van der Waals surface area contributed by atoms with Crippen molar-refractivity contribution in [1.82, 2.24) is 9.21 Å². The zero-order valence-corrected chi connectivity index (χ0v) is 18.0. The quantitative estimate of drug-likeness (QED) is 0.726. The van der Waals surface area contributed by atoms with Gasteiger partial charge in [-0.3, -0.25) is 4.79 Å². The highest BCUT2D eigenvalue weighted by Crippen LogP contribution is 2.20. The lowest BCUT2D eigenvalue weighted by molar-refractivity contribution is -0.140. The molecule has 6 nitrogen and oxygen atoms in total. The molecule has 0 bridgehead atoms. The number of rotatable bonds is 6. The highest BCUT2D eigenvalue weighted by molar-refractivity contribution is 7.89. The number of hydrogen-bond donors (Lipinski definition) is 0. The summed E-state index contributed by atoms with van der Waals surface area (Å²) in [5.41, 5.74) is 2.14. The standard InChI is InChI=1S/C22H28N2O4S/c1-4-21(28-19-9-5-17(2)6-10-19)22(25)23-13-15-24(16-14-23)29(26,27)20-11-7-18(3)8-12-20/h5-12,21H,4,13-16H2,1-3H3. The number of carbonyl (C=O) groups excluding carboxylic acids is 1. The van der Waals surface area contributed by atoms with Crippen molar-refractivity contribution in [2.45, 2.75) is 38.2 Å². The number of hydrogen-bond acceptors (Lipinski definition) is 4. The lowest BCUT2D eigenvalue weighted by Gasteiger charge is -2.35. The van der Waals surface area contributed by atoms with Gasteiger partial charge < -0.3 is 9.64 Å². The number of piperazine rings is 1. The van der Waals surface area contributed by atoms with Crippen molar-refractivity contribution in [1.29, 1.82) is 0 Å². The summed E-state index contributed by atoms with van der Waals surface area (Å²) in [7, 11) is -3.54. The fraction of sp³-hybridized carbons (Fsp3) is 0.409. The third-order valence-electron chi connectivity index (χ3n) is 5.15. The van der Waals surface area contributed by atoms with Crippen molar-refractivity contribution in [3.63, 3.8) is 0 Å². The van der Waals surface area contributed by atoms with Crippen LogP contribution in [0.15, 0.2) is 53.4 Å². The van der Waals surface area contributed by atoms with Crippen LogP contribution in [0, 0.1) is 13.8 Å². The monoisotopic (exact) mass is 416 g/mol. The second kappa shape index (κ2) is 8.97. The molecule has 2 aromatic rings. The summed E-state index contributed by atoms with van der Waals surface area (Å²) in [6, 6.07) is 14.5. The number of ether oxygens (including phenoxy) is 1. The third-order valence-corrected chi connectivity index (χ3v) is 7.07. The normalized spacial score (nSPS) is 16.4. The first-order valence-electron chi connectivity index (χ1n) is 9.90. The maximum atomic E-state index is 12.9. The molecule has 1 fully saturated rings. The van der Waals surface area contributed by atoms with E-state index in [1.165, 1.54) is 4.31 Å². The molecule has 1 saturated heterocycles. The minimum absolute atomic E-state index is 0.0968. The molecule has 0 radical (unpaired) electrons. The molecule has 0 aromatic heterocycles. The molecule has 0 spiro atoms. The Morgan fingerprint density at radius 2 is 1.45 bits per heavy atom. The molecule has 1 unspecified atom stereocenters. The Morgan fingerprint density at radius 1 is 0.931 bits per heavy atom. The van der Waals surface area contributed by atoms with E-state index in [2.05, 4.69) is 0 Å². The summed E-state index contributed by atoms with van der Waals surface area (Å²) in [4.78, 5) is 14.9. The summed E-state index contributed by atoms with van der Waals surface area (Å²) in [6.07, 6.45) is -0.0211. The van der Waals surface area contributed by atoms with Crippen molar-refractivity contribution in [3.8, 4) is 5.75 Å². The van der Waals surface area contributed by atoms with Crippen LogP contribution in [0.25, 0.3) is 0 Å². The van der Waals surface area contributed by atoms with E-state index in [4.69, 9.17) is 4.74 Å². The van der Waals surface area contributed by atoms with E-state index in [1.807, 2.05) is 45.0 Å². The SMILES string of the molecule is CCC(Oc1ccc(C)cc1)C(=O)N1CCN(S(=O)(=O)c2ccc(C)cc2)CC1. The van der Waals surface area contributed by atoms with Crippen molar-refractivity contribution in [3.05, 3.63) is 59.7 Å². The minimum atomic E-state index is -3.54. The average Bonchev–Trinajstić information content (AvgIpc) is 2.73. The average molecular weight is 417 g/mol. The first-order valence-corrected chi connectivity index (χ1v) is 11.3. The Morgan fingerprint density at radius 3 is 1.97 bits per heavy atom. The van der Waals surface area contributed by atoms with Gasteiger partial charge in [0, 0.05) is 26.2 Å². The van der Waals surface area contributed by atoms with Crippen LogP contribution in [-0.2, 0) is 14.8 Å². The maximum absolute atomic E-state index is 12.9. The third kappa shape index (κ3) is 4.97. The molecule has 0 aliphatic carbocycles. The Kier molecular flexibility index (Phi) is 6.59. The molecule has 1 amide bonds. The van der Waals surface area contributed by atoms with Gasteiger partial charge in [0.25, 0.3) is 5.91 Å². The predicted molar refractivity (Wildman–Crippen MR) is 112 cm³/mol. The molecular weight excluding hydrogens is 388 g/mol. The fourth-order valence-corrected chi connectivity index (χ4v) is 4.72. The fourth-order valence-electron chi connectivity index (χ4n) is 3.30. The van der Waals surface area contributed by atoms with Gasteiger partial charge in [0.15, 0.2) is 6.10 Å². The van der Waals surface area contributed by atoms with Crippen LogP contribution >= 0.6 is 0 Å². The highest BCUT2D eigenvalue weighted by Gasteiger charge is 2.32. The van der Waals surface area contributed by atoms with Crippen LogP contribution in [-0.4, -0.2) is 55.8 Å². The van der Waals surface area contributed by atoms with Gasteiger partial charge in [0.1, 0.15) is 5.75 Å². The first-order chi connectivity index (χ1) is 13.8. The molecule has 29 heavy (non-hydrogen) atoms. The molecule has 156 valence electrons. The van der Waals surface area contributed by atoms with Gasteiger partial charge >= 0.3 is 0 Å². The second-order valence-corrected chi connectivity index (χ2v) is 9.31. The zero-order chi connectivity index (χ0) is 21.0. The van der Waals surface area contributed by atoms with E-state index in [0.717, 1.165) is 11.1 Å². The molecule has 3 rings (SSSR count). The van der Waals surface area contributed by atoms with Gasteiger partial charge in [-0.1, -0.05) is 42.3 Å². The zero-order valence-electron chi connectivity index (χ0n) is 17.2. The summed E-state index contributed by atoms with van der Waals surface area (Å²) in [5, 5.41) is 0. The Balaban J connectivity index is 1.62. The van der Waals surface area contributed by atoms with E-state index in [9.17, 15) is 13.2 Å². The lowest BCUT2D eigenvalue weighted by Crippen LogP contribution is -2.53. The van der Waals surface area contributed by atoms with Crippen LogP contribution < -0.4 is 4.74 Å². The minimum Gasteiger partial charge on any atom is -0.481 e. The summed E-state index contributed by atoms with van der Waals surface area (Å²) in [5.74, 6) is 0.567. The van der Waals surface area contributed by atoms with Gasteiger partial charge in [-0.15, -0.1) is 0 Å².